The maximum Gasteiger partial charge on any atom is 0.253 e. The summed E-state index contributed by atoms with van der Waals surface area (Å²) in [5, 5.41) is 3.58. The van der Waals surface area contributed by atoms with E-state index in [2.05, 4.69) is 10.5 Å². The number of benzene rings is 2. The lowest BCUT2D eigenvalue weighted by molar-refractivity contribution is 0.0827. The summed E-state index contributed by atoms with van der Waals surface area (Å²) in [5.41, 5.74) is 12.0. The number of carbonyl (C=O) groups excluding carboxylic acids is 1. The number of hydrazine groups is 1. The number of nitrogens with zero attached hydrogens (tertiary/aromatic N) is 2. The molecule has 0 fully saturated rings. The van der Waals surface area contributed by atoms with Gasteiger partial charge in [0.05, 0.1) is 0 Å². The van der Waals surface area contributed by atoms with Crippen molar-refractivity contribution in [3.8, 4) is 11.1 Å². The molecular weight excluding hydrogens is 292 g/mol. The Labute approximate surface area is 134 Å². The Kier molecular flexibility index (Phi) is 4.82. The topological polar surface area (TPSA) is 123 Å². The smallest absolute Gasteiger partial charge is 0.253 e. The molecule has 0 spiro atoms. The standard InChI is InChI=1S/C16H20N6O/c1-22(2)16(23)11-5-3-10(4-6-11)12-7-13(9-14(17)8-12)15(20-18)21-19/h3-9H,17-19H2,1-2H3,(H,20,21). The molecule has 2 aromatic rings. The van der Waals surface area contributed by atoms with Crippen molar-refractivity contribution in [1.82, 2.24) is 10.3 Å². The number of amidine groups is 1. The van der Waals surface area contributed by atoms with Crippen molar-refractivity contribution in [2.75, 3.05) is 19.8 Å². The molecule has 0 bridgehead atoms. The predicted molar refractivity (Wildman–Crippen MR) is 92.4 cm³/mol. The van der Waals surface area contributed by atoms with Gasteiger partial charge in [0.25, 0.3) is 5.91 Å². The molecule has 0 saturated heterocycles. The molecule has 0 aliphatic heterocycles. The van der Waals surface area contributed by atoms with Crippen LogP contribution in [0.5, 0.6) is 0 Å². The van der Waals surface area contributed by atoms with Crippen LogP contribution in [0.4, 0.5) is 5.69 Å². The molecule has 7 nitrogen and oxygen atoms in total. The van der Waals surface area contributed by atoms with E-state index < -0.39 is 0 Å². The van der Waals surface area contributed by atoms with Gasteiger partial charge >= 0.3 is 0 Å². The van der Waals surface area contributed by atoms with Crippen molar-refractivity contribution in [3.05, 3.63) is 53.6 Å². The number of hydrazone groups is 1. The predicted octanol–water partition coefficient (Wildman–Crippen LogP) is 0.721. The molecule has 2 rings (SSSR count). The Morgan fingerprint density at radius 3 is 2.22 bits per heavy atom. The molecule has 7 N–H and O–H groups in total. The molecular formula is C16H20N6O. The zero-order valence-electron chi connectivity index (χ0n) is 13.1. The van der Waals surface area contributed by atoms with E-state index in [-0.39, 0.29) is 5.91 Å². The summed E-state index contributed by atoms with van der Waals surface area (Å²) in [6.07, 6.45) is 0. The van der Waals surface area contributed by atoms with Crippen LogP contribution in [0.2, 0.25) is 0 Å². The molecule has 0 heterocycles. The number of nitrogens with two attached hydrogens (primary N) is 3. The third-order valence-electron chi connectivity index (χ3n) is 3.37. The largest absolute Gasteiger partial charge is 0.399 e. The van der Waals surface area contributed by atoms with Crippen molar-refractivity contribution in [3.63, 3.8) is 0 Å². The average Bonchev–Trinajstić information content (AvgIpc) is 2.55. The summed E-state index contributed by atoms with van der Waals surface area (Å²) in [7, 11) is 3.43. The highest BCUT2D eigenvalue weighted by Crippen LogP contribution is 2.24. The number of nitrogens with one attached hydrogen (secondary N) is 1. The Morgan fingerprint density at radius 1 is 1.04 bits per heavy atom. The highest BCUT2D eigenvalue weighted by Gasteiger charge is 2.10. The molecule has 1 amide bonds. The molecule has 120 valence electrons. The summed E-state index contributed by atoms with van der Waals surface area (Å²) in [5.74, 6) is 11.0. The van der Waals surface area contributed by atoms with Gasteiger partial charge in [0.2, 0.25) is 0 Å². The second-order valence-corrected chi connectivity index (χ2v) is 5.24. The fourth-order valence-electron chi connectivity index (χ4n) is 2.21. The lowest BCUT2D eigenvalue weighted by Crippen LogP contribution is -2.32. The Hall–Kier alpha value is -3.06. The number of anilines is 1. The van der Waals surface area contributed by atoms with Gasteiger partial charge in [0, 0.05) is 30.9 Å². The van der Waals surface area contributed by atoms with Gasteiger partial charge in [0.15, 0.2) is 5.84 Å². The second kappa shape index (κ2) is 6.80. The van der Waals surface area contributed by atoms with Gasteiger partial charge in [-0.1, -0.05) is 12.1 Å². The molecule has 2 aromatic carbocycles. The van der Waals surface area contributed by atoms with Gasteiger partial charge < -0.3 is 21.9 Å². The monoisotopic (exact) mass is 312 g/mol. The minimum absolute atomic E-state index is 0.0466. The maximum atomic E-state index is 11.9. The van der Waals surface area contributed by atoms with E-state index in [9.17, 15) is 4.79 Å². The van der Waals surface area contributed by atoms with Crippen LogP contribution in [0.3, 0.4) is 0 Å². The third kappa shape index (κ3) is 3.58. The zero-order chi connectivity index (χ0) is 17.0. The molecule has 0 aliphatic carbocycles. The van der Waals surface area contributed by atoms with Gasteiger partial charge in [-0.2, -0.15) is 5.10 Å². The van der Waals surface area contributed by atoms with Gasteiger partial charge in [-0.15, -0.1) is 0 Å². The van der Waals surface area contributed by atoms with Crippen LogP contribution in [0.1, 0.15) is 15.9 Å². The van der Waals surface area contributed by atoms with Crippen molar-refractivity contribution in [2.45, 2.75) is 0 Å². The Bertz CT molecular complexity index is 737. The summed E-state index contributed by atoms with van der Waals surface area (Å²) in [4.78, 5) is 13.5. The SMILES string of the molecule is CN(C)C(=O)c1ccc(-c2cc(N)cc(/C(=N/N)NN)c2)cc1. The molecule has 23 heavy (non-hydrogen) atoms. The summed E-state index contributed by atoms with van der Waals surface area (Å²) < 4.78 is 0. The van der Waals surface area contributed by atoms with Crippen LogP contribution in [0, 0.1) is 0 Å². The van der Waals surface area contributed by atoms with Crippen LogP contribution in [0.25, 0.3) is 11.1 Å². The first kappa shape index (κ1) is 16.3. The van der Waals surface area contributed by atoms with E-state index >= 15 is 0 Å². The van der Waals surface area contributed by atoms with Crippen molar-refractivity contribution in [1.29, 1.82) is 0 Å². The highest BCUT2D eigenvalue weighted by atomic mass is 16.2. The van der Waals surface area contributed by atoms with Gasteiger partial charge in [-0.25, -0.2) is 5.84 Å². The summed E-state index contributed by atoms with van der Waals surface area (Å²) in [6.45, 7) is 0. The van der Waals surface area contributed by atoms with Crippen molar-refractivity contribution >= 4 is 17.4 Å². The van der Waals surface area contributed by atoms with Crippen LogP contribution in [-0.2, 0) is 0 Å². The second-order valence-electron chi connectivity index (χ2n) is 5.24. The van der Waals surface area contributed by atoms with Crippen molar-refractivity contribution < 1.29 is 4.79 Å². The molecule has 0 saturated carbocycles. The minimum atomic E-state index is -0.0466. The van der Waals surface area contributed by atoms with E-state index in [1.54, 1.807) is 32.3 Å². The summed E-state index contributed by atoms with van der Waals surface area (Å²) in [6, 6.07) is 12.7. The minimum Gasteiger partial charge on any atom is -0.399 e. The Balaban J connectivity index is 2.41. The lowest BCUT2D eigenvalue weighted by atomic mass is 10.00. The third-order valence-corrected chi connectivity index (χ3v) is 3.37. The molecule has 0 aliphatic rings. The van der Waals surface area contributed by atoms with Gasteiger partial charge in [0.1, 0.15) is 0 Å². The van der Waals surface area contributed by atoms with E-state index in [0.717, 1.165) is 11.1 Å². The van der Waals surface area contributed by atoms with E-state index in [0.29, 0.717) is 22.6 Å². The Morgan fingerprint density at radius 2 is 1.70 bits per heavy atom. The quantitative estimate of drug-likeness (QED) is 0.219. The number of hydrogen-bond acceptors (Lipinski definition) is 5. The zero-order valence-corrected chi connectivity index (χ0v) is 13.1. The molecule has 0 atom stereocenters. The molecule has 0 radical (unpaired) electrons. The van der Waals surface area contributed by atoms with Gasteiger partial charge in [-0.05, 0) is 41.5 Å². The average molecular weight is 312 g/mol. The number of nitrogen functional groups attached to an aromatic ring is 1. The van der Waals surface area contributed by atoms with Crippen LogP contribution < -0.4 is 22.8 Å². The fraction of sp³-hybridized carbons (Fsp3) is 0.125. The van der Waals surface area contributed by atoms with E-state index in [1.165, 1.54) is 4.90 Å². The fourth-order valence-corrected chi connectivity index (χ4v) is 2.21. The molecule has 7 heteroatoms. The normalized spacial score (nSPS) is 11.2. The van der Waals surface area contributed by atoms with Crippen molar-refractivity contribution in [2.24, 2.45) is 16.8 Å². The van der Waals surface area contributed by atoms with E-state index in [1.807, 2.05) is 24.3 Å². The van der Waals surface area contributed by atoms with E-state index in [4.69, 9.17) is 17.4 Å². The lowest BCUT2D eigenvalue weighted by Gasteiger charge is -2.12. The number of hydrogen-bond donors (Lipinski definition) is 4. The highest BCUT2D eigenvalue weighted by molar-refractivity contribution is 6.00. The first-order chi connectivity index (χ1) is 11.0. The molecule has 0 unspecified atom stereocenters. The first-order valence-electron chi connectivity index (χ1n) is 6.93. The number of amides is 1. The maximum absolute atomic E-state index is 11.9. The van der Waals surface area contributed by atoms with Crippen LogP contribution >= 0.6 is 0 Å². The van der Waals surface area contributed by atoms with Crippen LogP contribution in [-0.4, -0.2) is 30.7 Å². The van der Waals surface area contributed by atoms with Crippen LogP contribution in [0.15, 0.2) is 47.6 Å². The number of rotatable bonds is 3. The summed E-state index contributed by atoms with van der Waals surface area (Å²) >= 11 is 0. The van der Waals surface area contributed by atoms with Gasteiger partial charge in [-0.3, -0.25) is 4.79 Å². The first-order valence-corrected chi connectivity index (χ1v) is 6.93. The number of carbonyl (C=O) groups is 1. The molecule has 0 aromatic heterocycles.